The van der Waals surface area contributed by atoms with Crippen molar-refractivity contribution in [1.29, 1.82) is 0 Å². The van der Waals surface area contributed by atoms with Crippen molar-refractivity contribution in [3.63, 3.8) is 0 Å². The third-order valence-electron chi connectivity index (χ3n) is 11.6. The van der Waals surface area contributed by atoms with Crippen LogP contribution in [0.2, 0.25) is 0 Å². The summed E-state index contributed by atoms with van der Waals surface area (Å²) in [6.07, 6.45) is 44.6. The quantitative estimate of drug-likeness (QED) is 0.0269. The average molecular weight is 851 g/mol. The summed E-state index contributed by atoms with van der Waals surface area (Å²) >= 11 is 0. The number of allylic oxidation sites excluding steroid dienone is 6. The lowest BCUT2D eigenvalue weighted by molar-refractivity contribution is -0.305. The maximum Gasteiger partial charge on any atom is 0.306 e. The van der Waals surface area contributed by atoms with Gasteiger partial charge in [-0.15, -0.1) is 0 Å². The predicted molar refractivity (Wildman–Crippen MR) is 247 cm³/mol. The molecule has 0 aromatic heterocycles. The summed E-state index contributed by atoms with van der Waals surface area (Å²) in [6.45, 7) is 4.55. The second-order valence-corrected chi connectivity index (χ2v) is 17.3. The first-order chi connectivity index (χ1) is 29.4. The minimum atomic E-state index is -1.54. The zero-order valence-electron chi connectivity index (χ0n) is 38.7. The Morgan fingerprint density at radius 3 is 1.45 bits per heavy atom. The van der Waals surface area contributed by atoms with Gasteiger partial charge in [-0.25, -0.2) is 0 Å². The summed E-state index contributed by atoms with van der Waals surface area (Å²) in [6, 6.07) is 0. The van der Waals surface area contributed by atoms with E-state index in [1.165, 1.54) is 141 Å². The van der Waals surface area contributed by atoms with E-state index in [-0.39, 0.29) is 19.2 Å². The summed E-state index contributed by atoms with van der Waals surface area (Å²) in [7, 11) is 0. The van der Waals surface area contributed by atoms with Crippen LogP contribution < -0.4 is 0 Å². The molecule has 352 valence electrons. The van der Waals surface area contributed by atoms with Crippen molar-refractivity contribution in [1.82, 2.24) is 0 Å². The molecule has 6 atom stereocenters. The number of unbranched alkanes of at least 4 members (excludes halogenated alkanes) is 26. The number of aliphatic hydroxyl groups excluding tert-OH is 4. The van der Waals surface area contributed by atoms with Crippen LogP contribution in [0.25, 0.3) is 0 Å². The zero-order valence-corrected chi connectivity index (χ0v) is 38.7. The van der Waals surface area contributed by atoms with Crippen molar-refractivity contribution in [2.24, 2.45) is 0 Å². The van der Waals surface area contributed by atoms with Gasteiger partial charge in [0.2, 0.25) is 0 Å². The summed E-state index contributed by atoms with van der Waals surface area (Å²) in [5.74, 6) is -0.315. The van der Waals surface area contributed by atoms with Crippen molar-refractivity contribution < 1.29 is 44.2 Å². The first-order valence-corrected chi connectivity index (χ1v) is 25.1. The summed E-state index contributed by atoms with van der Waals surface area (Å²) in [5, 5.41) is 40.2. The molecule has 0 aromatic carbocycles. The third-order valence-corrected chi connectivity index (χ3v) is 11.6. The molecule has 0 aromatic rings. The Balaban J connectivity index is 2.22. The van der Waals surface area contributed by atoms with Gasteiger partial charge in [-0.3, -0.25) is 4.79 Å². The summed E-state index contributed by atoms with van der Waals surface area (Å²) < 4.78 is 22.9. The molecule has 1 aliphatic heterocycles. The lowest BCUT2D eigenvalue weighted by atomic mass is 9.99. The van der Waals surface area contributed by atoms with E-state index >= 15 is 0 Å². The highest BCUT2D eigenvalue weighted by Crippen LogP contribution is 2.23. The Kier molecular flexibility index (Phi) is 40.2. The van der Waals surface area contributed by atoms with Gasteiger partial charge in [0, 0.05) is 13.0 Å². The molecular weight excluding hydrogens is 757 g/mol. The van der Waals surface area contributed by atoms with Crippen LogP contribution in [0.15, 0.2) is 36.5 Å². The summed E-state index contributed by atoms with van der Waals surface area (Å²) in [4.78, 5) is 12.8. The molecule has 6 unspecified atom stereocenters. The van der Waals surface area contributed by atoms with Gasteiger partial charge in [0.1, 0.15) is 30.5 Å². The number of aliphatic hydroxyl groups is 4. The van der Waals surface area contributed by atoms with Gasteiger partial charge in [0.25, 0.3) is 0 Å². The van der Waals surface area contributed by atoms with Gasteiger partial charge in [-0.2, -0.15) is 0 Å². The minimum absolute atomic E-state index is 0.115. The molecular formula is C51H94O9. The first-order valence-electron chi connectivity index (χ1n) is 25.1. The normalized spacial score (nSPS) is 20.3. The molecule has 9 heteroatoms. The van der Waals surface area contributed by atoms with Crippen LogP contribution in [0.3, 0.4) is 0 Å². The predicted octanol–water partition coefficient (Wildman–Crippen LogP) is 11.9. The molecule has 9 nitrogen and oxygen atoms in total. The molecule has 1 aliphatic rings. The van der Waals surface area contributed by atoms with Crippen molar-refractivity contribution >= 4 is 5.97 Å². The van der Waals surface area contributed by atoms with Crippen LogP contribution in [-0.4, -0.2) is 89.6 Å². The molecule has 60 heavy (non-hydrogen) atoms. The van der Waals surface area contributed by atoms with Crippen molar-refractivity contribution in [2.45, 2.75) is 256 Å². The fourth-order valence-electron chi connectivity index (χ4n) is 7.62. The SMILES string of the molecule is CCCCCCC/C=C\C/C=C\C/C=C\CCCCCCCCCOCC(COC1OC(CO)C(O)C(O)C1O)OC(=O)CCCCCCCCCCCCCCCCC. The standard InChI is InChI=1S/C51H94O9/c1-3-5-7-9-11-13-15-17-19-20-21-22-23-24-25-27-29-31-33-35-37-39-41-57-43-45(44-58-51-50(56)49(55)48(54)46(42-52)60-51)59-47(53)40-38-36-34-32-30-28-26-18-16-14-12-10-8-6-4-2/h15,17,20-21,23-24,45-46,48-52,54-56H,3-14,16,18-19,22,25-44H2,1-2H3/b17-15-,21-20-,24-23-. The van der Waals surface area contributed by atoms with Crippen LogP contribution in [-0.2, 0) is 23.7 Å². The Bertz CT molecular complexity index is 1010. The van der Waals surface area contributed by atoms with E-state index in [1.807, 2.05) is 0 Å². The monoisotopic (exact) mass is 851 g/mol. The average Bonchev–Trinajstić information content (AvgIpc) is 3.25. The first kappa shape index (κ1) is 56.4. The molecule has 0 amide bonds. The molecule has 0 saturated carbocycles. The van der Waals surface area contributed by atoms with Crippen molar-refractivity contribution in [2.75, 3.05) is 26.4 Å². The highest BCUT2D eigenvalue weighted by molar-refractivity contribution is 5.69. The molecule has 1 fully saturated rings. The highest BCUT2D eigenvalue weighted by Gasteiger charge is 2.44. The van der Waals surface area contributed by atoms with Crippen molar-refractivity contribution in [3.05, 3.63) is 36.5 Å². The topological polar surface area (TPSA) is 135 Å². The molecule has 0 aliphatic carbocycles. The number of hydrogen-bond acceptors (Lipinski definition) is 9. The number of ether oxygens (including phenoxy) is 4. The van der Waals surface area contributed by atoms with E-state index in [9.17, 15) is 25.2 Å². The zero-order chi connectivity index (χ0) is 43.6. The third kappa shape index (κ3) is 33.0. The number of hydrogen-bond donors (Lipinski definition) is 4. The largest absolute Gasteiger partial charge is 0.457 e. The highest BCUT2D eigenvalue weighted by atomic mass is 16.7. The molecule has 1 rings (SSSR count). The van der Waals surface area contributed by atoms with Gasteiger partial charge >= 0.3 is 5.97 Å². The smallest absolute Gasteiger partial charge is 0.306 e. The lowest BCUT2D eigenvalue weighted by Gasteiger charge is -2.39. The Labute approximate surface area is 368 Å². The number of carbonyl (C=O) groups excluding carboxylic acids is 1. The second kappa shape index (κ2) is 42.7. The van der Waals surface area contributed by atoms with Gasteiger partial charge in [-0.1, -0.05) is 198 Å². The summed E-state index contributed by atoms with van der Waals surface area (Å²) in [5.41, 5.74) is 0. The van der Waals surface area contributed by atoms with E-state index in [0.717, 1.165) is 57.8 Å². The van der Waals surface area contributed by atoms with Crippen LogP contribution in [0.1, 0.15) is 219 Å². The molecule has 0 bridgehead atoms. The molecule has 4 N–H and O–H groups in total. The van der Waals surface area contributed by atoms with E-state index < -0.39 is 43.4 Å². The van der Waals surface area contributed by atoms with Crippen LogP contribution in [0, 0.1) is 0 Å². The fourth-order valence-corrected chi connectivity index (χ4v) is 7.62. The maximum atomic E-state index is 12.8. The molecule has 1 saturated heterocycles. The Hall–Kier alpha value is -1.59. The van der Waals surface area contributed by atoms with Gasteiger partial charge in [0.15, 0.2) is 6.29 Å². The Morgan fingerprint density at radius 1 is 0.533 bits per heavy atom. The fraction of sp³-hybridized carbons (Fsp3) is 0.863. The van der Waals surface area contributed by atoms with Gasteiger partial charge in [-0.05, 0) is 51.4 Å². The van der Waals surface area contributed by atoms with Crippen molar-refractivity contribution in [3.8, 4) is 0 Å². The van der Waals surface area contributed by atoms with Crippen LogP contribution >= 0.6 is 0 Å². The Morgan fingerprint density at radius 2 is 0.967 bits per heavy atom. The van der Waals surface area contributed by atoms with Crippen LogP contribution in [0.4, 0.5) is 0 Å². The lowest BCUT2D eigenvalue weighted by Crippen LogP contribution is -2.59. The number of rotatable bonds is 43. The molecule has 0 spiro atoms. The maximum absolute atomic E-state index is 12.8. The van der Waals surface area contributed by atoms with E-state index in [4.69, 9.17) is 18.9 Å². The van der Waals surface area contributed by atoms with Gasteiger partial charge in [0.05, 0.1) is 19.8 Å². The number of esters is 1. The second-order valence-electron chi connectivity index (χ2n) is 17.3. The molecule has 0 radical (unpaired) electrons. The van der Waals surface area contributed by atoms with Crippen LogP contribution in [0.5, 0.6) is 0 Å². The number of carbonyl (C=O) groups is 1. The minimum Gasteiger partial charge on any atom is -0.457 e. The molecule has 1 heterocycles. The van der Waals surface area contributed by atoms with E-state index in [2.05, 4.69) is 50.3 Å². The van der Waals surface area contributed by atoms with E-state index in [1.54, 1.807) is 0 Å². The van der Waals surface area contributed by atoms with E-state index in [0.29, 0.717) is 13.0 Å². The van der Waals surface area contributed by atoms with Gasteiger partial charge < -0.3 is 39.4 Å².